The molecule has 3 rings (SSSR count). The topological polar surface area (TPSA) is 61.8 Å². The molecule has 1 aromatic heterocycles. The van der Waals surface area contributed by atoms with E-state index in [4.69, 9.17) is 9.73 Å². The second-order valence-corrected chi connectivity index (χ2v) is 8.03. The van der Waals surface area contributed by atoms with Gasteiger partial charge >= 0.3 is 0 Å². The summed E-state index contributed by atoms with van der Waals surface area (Å²) >= 11 is 1.73. The molecule has 162 valence electrons. The van der Waals surface area contributed by atoms with Gasteiger partial charge in [-0.1, -0.05) is 6.07 Å². The zero-order valence-corrected chi connectivity index (χ0v) is 18.3. The number of ether oxygens (including phenoxy) is 1. The van der Waals surface area contributed by atoms with Crippen molar-refractivity contribution in [2.75, 3.05) is 50.0 Å². The van der Waals surface area contributed by atoms with Crippen molar-refractivity contribution in [1.82, 2.24) is 15.6 Å². The average Bonchev–Trinajstić information content (AvgIpc) is 2.79. The lowest BCUT2D eigenvalue weighted by Crippen LogP contribution is -2.38. The Balaban J connectivity index is 1.49. The summed E-state index contributed by atoms with van der Waals surface area (Å²) in [6, 6.07) is 10.7. The van der Waals surface area contributed by atoms with Gasteiger partial charge in [-0.25, -0.2) is 14.4 Å². The van der Waals surface area contributed by atoms with Crippen molar-refractivity contribution >= 4 is 23.5 Å². The molecule has 1 saturated heterocycles. The van der Waals surface area contributed by atoms with Crippen LogP contribution < -0.4 is 15.5 Å². The Kier molecular flexibility index (Phi) is 9.24. The van der Waals surface area contributed by atoms with Crippen molar-refractivity contribution in [2.45, 2.75) is 24.8 Å². The van der Waals surface area contributed by atoms with E-state index < -0.39 is 0 Å². The zero-order chi connectivity index (χ0) is 21.0. The van der Waals surface area contributed by atoms with Crippen LogP contribution in [-0.4, -0.2) is 56.1 Å². The molecule has 2 aromatic rings. The molecular formula is C22H30FN5OS. The number of pyridine rings is 1. The first-order valence-corrected chi connectivity index (χ1v) is 11.4. The minimum atomic E-state index is -0.196. The normalized spacial score (nSPS) is 14.6. The highest BCUT2D eigenvalue weighted by atomic mass is 32.2. The number of hydrogen-bond acceptors (Lipinski definition) is 5. The van der Waals surface area contributed by atoms with E-state index in [1.807, 2.05) is 24.4 Å². The van der Waals surface area contributed by atoms with Gasteiger partial charge in [-0.15, -0.1) is 11.8 Å². The number of guanidine groups is 1. The number of rotatable bonds is 9. The molecule has 1 fully saturated rings. The Hall–Kier alpha value is -2.32. The number of halogens is 1. The number of anilines is 1. The highest BCUT2D eigenvalue weighted by molar-refractivity contribution is 7.99. The molecule has 0 unspecified atom stereocenters. The molecule has 1 aromatic carbocycles. The lowest BCUT2D eigenvalue weighted by Gasteiger charge is -2.29. The molecule has 0 saturated carbocycles. The van der Waals surface area contributed by atoms with Gasteiger partial charge < -0.3 is 20.3 Å². The van der Waals surface area contributed by atoms with Gasteiger partial charge in [0.25, 0.3) is 0 Å². The Morgan fingerprint density at radius 3 is 2.77 bits per heavy atom. The van der Waals surface area contributed by atoms with Crippen LogP contribution in [-0.2, 0) is 11.3 Å². The second-order valence-electron chi connectivity index (χ2n) is 6.86. The molecule has 2 heterocycles. The quantitative estimate of drug-likeness (QED) is 0.275. The first kappa shape index (κ1) is 22.4. The fourth-order valence-electron chi connectivity index (χ4n) is 3.12. The van der Waals surface area contributed by atoms with Crippen LogP contribution in [0, 0.1) is 5.82 Å². The van der Waals surface area contributed by atoms with Gasteiger partial charge in [0.1, 0.15) is 11.6 Å². The summed E-state index contributed by atoms with van der Waals surface area (Å²) in [6.45, 7) is 7.45. The maximum atomic E-state index is 13.0. The van der Waals surface area contributed by atoms with Gasteiger partial charge in [0.05, 0.1) is 19.8 Å². The largest absolute Gasteiger partial charge is 0.378 e. The lowest BCUT2D eigenvalue weighted by atomic mass is 10.2. The number of aromatic nitrogens is 1. The van der Waals surface area contributed by atoms with Crippen LogP contribution in [0.25, 0.3) is 0 Å². The van der Waals surface area contributed by atoms with Crippen molar-refractivity contribution in [1.29, 1.82) is 0 Å². The van der Waals surface area contributed by atoms with Gasteiger partial charge in [-0.2, -0.15) is 0 Å². The third kappa shape index (κ3) is 7.18. The van der Waals surface area contributed by atoms with Crippen molar-refractivity contribution in [3.05, 3.63) is 54.0 Å². The molecular weight excluding hydrogens is 401 g/mol. The molecule has 30 heavy (non-hydrogen) atoms. The number of nitrogens with one attached hydrogen (secondary N) is 2. The molecule has 0 amide bonds. The van der Waals surface area contributed by atoms with E-state index in [1.54, 1.807) is 11.8 Å². The minimum absolute atomic E-state index is 0.196. The molecule has 0 aliphatic carbocycles. The summed E-state index contributed by atoms with van der Waals surface area (Å²) in [5.41, 5.74) is 1.11. The van der Waals surface area contributed by atoms with E-state index >= 15 is 0 Å². The number of hydrogen-bond donors (Lipinski definition) is 2. The van der Waals surface area contributed by atoms with Crippen LogP contribution in [0.3, 0.4) is 0 Å². The van der Waals surface area contributed by atoms with Crippen LogP contribution in [0.15, 0.2) is 52.5 Å². The SMILES string of the molecule is CCNC(=NCc1cccnc1N1CCOCC1)NCCCSc1ccc(F)cc1. The van der Waals surface area contributed by atoms with Crippen molar-refractivity contribution in [3.63, 3.8) is 0 Å². The Bertz CT molecular complexity index is 796. The van der Waals surface area contributed by atoms with E-state index in [2.05, 4.69) is 33.5 Å². The van der Waals surface area contributed by atoms with Crippen molar-refractivity contribution in [3.8, 4) is 0 Å². The third-order valence-corrected chi connectivity index (χ3v) is 5.72. The van der Waals surface area contributed by atoms with E-state index in [9.17, 15) is 4.39 Å². The first-order valence-electron chi connectivity index (χ1n) is 10.4. The maximum absolute atomic E-state index is 13.0. The smallest absolute Gasteiger partial charge is 0.191 e. The van der Waals surface area contributed by atoms with Gasteiger partial charge in [-0.05, 0) is 49.4 Å². The predicted octanol–water partition coefficient (Wildman–Crippen LogP) is 3.29. The van der Waals surface area contributed by atoms with Crippen LogP contribution in [0.2, 0.25) is 0 Å². The predicted molar refractivity (Wildman–Crippen MR) is 122 cm³/mol. The molecule has 0 bridgehead atoms. The number of morpholine rings is 1. The van der Waals surface area contributed by atoms with Crippen LogP contribution in [0.1, 0.15) is 18.9 Å². The number of benzene rings is 1. The molecule has 1 aliphatic rings. The molecule has 1 aliphatic heterocycles. The molecule has 0 atom stereocenters. The molecule has 8 heteroatoms. The van der Waals surface area contributed by atoms with Crippen LogP contribution >= 0.6 is 11.8 Å². The summed E-state index contributed by atoms with van der Waals surface area (Å²) in [5.74, 6) is 2.57. The Morgan fingerprint density at radius 2 is 2.00 bits per heavy atom. The molecule has 6 nitrogen and oxygen atoms in total. The van der Waals surface area contributed by atoms with Crippen molar-refractivity contribution in [2.24, 2.45) is 4.99 Å². The number of aliphatic imine (C=N–C) groups is 1. The zero-order valence-electron chi connectivity index (χ0n) is 17.4. The highest BCUT2D eigenvalue weighted by Crippen LogP contribution is 2.20. The fourth-order valence-corrected chi connectivity index (χ4v) is 3.97. The maximum Gasteiger partial charge on any atom is 0.191 e. The fraction of sp³-hybridized carbons (Fsp3) is 0.455. The van der Waals surface area contributed by atoms with E-state index in [1.165, 1.54) is 12.1 Å². The molecule has 0 radical (unpaired) electrons. The minimum Gasteiger partial charge on any atom is -0.378 e. The average molecular weight is 432 g/mol. The number of nitrogens with zero attached hydrogens (tertiary/aromatic N) is 3. The number of thioether (sulfide) groups is 1. The monoisotopic (exact) mass is 431 g/mol. The van der Waals surface area contributed by atoms with Crippen LogP contribution in [0.4, 0.5) is 10.2 Å². The van der Waals surface area contributed by atoms with Crippen molar-refractivity contribution < 1.29 is 9.13 Å². The highest BCUT2D eigenvalue weighted by Gasteiger charge is 2.15. The van der Waals surface area contributed by atoms with E-state index in [-0.39, 0.29) is 5.82 Å². The van der Waals surface area contributed by atoms with Gasteiger partial charge in [0.2, 0.25) is 0 Å². The second kappa shape index (κ2) is 12.4. The van der Waals surface area contributed by atoms with Gasteiger partial charge in [0.15, 0.2) is 5.96 Å². The van der Waals surface area contributed by atoms with E-state index in [0.29, 0.717) is 6.54 Å². The Morgan fingerprint density at radius 1 is 1.20 bits per heavy atom. The Labute approximate surface area is 182 Å². The van der Waals surface area contributed by atoms with Gasteiger partial charge in [-0.3, -0.25) is 0 Å². The van der Waals surface area contributed by atoms with Crippen LogP contribution in [0.5, 0.6) is 0 Å². The lowest BCUT2D eigenvalue weighted by molar-refractivity contribution is 0.122. The molecule has 2 N–H and O–H groups in total. The summed E-state index contributed by atoms with van der Waals surface area (Å²) < 4.78 is 18.4. The standard InChI is InChI=1S/C22H30FN5OS/c1-2-24-22(26-11-4-16-30-20-8-6-19(23)7-9-20)27-17-18-5-3-10-25-21(18)28-12-14-29-15-13-28/h3,5-10H,2,4,11-17H2,1H3,(H2,24,26,27). The third-order valence-electron chi connectivity index (χ3n) is 4.63. The summed E-state index contributed by atoms with van der Waals surface area (Å²) in [4.78, 5) is 12.7. The molecule has 0 spiro atoms. The summed E-state index contributed by atoms with van der Waals surface area (Å²) in [6.07, 6.45) is 2.82. The van der Waals surface area contributed by atoms with E-state index in [0.717, 1.165) is 73.8 Å². The van der Waals surface area contributed by atoms with Gasteiger partial charge in [0, 0.05) is 42.8 Å². The summed E-state index contributed by atoms with van der Waals surface area (Å²) in [5, 5.41) is 6.70. The summed E-state index contributed by atoms with van der Waals surface area (Å²) in [7, 11) is 0. The first-order chi connectivity index (χ1) is 14.8.